The van der Waals surface area contributed by atoms with Crippen molar-refractivity contribution < 1.29 is 53.5 Å². The first-order chi connectivity index (χ1) is 9.38. The third kappa shape index (κ3) is 4.83. The van der Waals surface area contributed by atoms with Gasteiger partial charge in [0.05, 0.1) is 0 Å². The number of thiazole rings is 2. The molecule has 0 aliphatic rings. The van der Waals surface area contributed by atoms with Gasteiger partial charge in [-0.25, -0.2) is 0 Å². The molecule has 0 fully saturated rings. The summed E-state index contributed by atoms with van der Waals surface area (Å²) in [5.74, 6) is 0. The Hall–Kier alpha value is -0.326. The third-order valence-electron chi connectivity index (χ3n) is 2.76. The maximum absolute atomic E-state index is 4.71. The zero-order valence-corrected chi connectivity index (χ0v) is 16.2. The number of hydrogen-bond acceptors (Lipinski definition) is 4. The Morgan fingerprint density at radius 3 is 1.43 bits per heavy atom. The van der Waals surface area contributed by atoms with Gasteiger partial charge in [0.1, 0.15) is 0 Å². The van der Waals surface area contributed by atoms with E-state index in [4.69, 9.17) is 9.97 Å². The Morgan fingerprint density at radius 2 is 1.04 bits per heavy atom. The van der Waals surface area contributed by atoms with E-state index in [1.807, 2.05) is 12.1 Å². The third-order valence-corrected chi connectivity index (χ3v) is 6.95. The zero-order chi connectivity index (χ0) is 12.7. The summed E-state index contributed by atoms with van der Waals surface area (Å²) in [6.45, 7) is 0. The number of aromatic nitrogens is 2. The second-order valence-electron chi connectivity index (χ2n) is 4.04. The Balaban J connectivity index is 0.00000121. The molecule has 4 aromatic rings. The molecule has 2 heterocycles. The Morgan fingerprint density at radius 1 is 0.652 bits per heavy atom. The summed E-state index contributed by atoms with van der Waals surface area (Å²) in [5.41, 5.74) is 2.22. The van der Waals surface area contributed by atoms with Crippen molar-refractivity contribution in [3.63, 3.8) is 0 Å². The van der Waals surface area contributed by atoms with E-state index >= 15 is 0 Å². The summed E-state index contributed by atoms with van der Waals surface area (Å²) in [6, 6.07) is 16.6. The normalized spacial score (nSPS) is 9.04. The Kier molecular flexibility index (Phi) is 9.71. The van der Waals surface area contributed by atoms with Crippen LogP contribution in [-0.4, -0.2) is 9.97 Å². The van der Waals surface area contributed by atoms with Crippen molar-refractivity contribution in [2.45, 2.75) is 7.43 Å². The average molecular weight is 442 g/mol. The minimum absolute atomic E-state index is 0. The first-order valence-corrected chi connectivity index (χ1v) is 8.84. The van der Waals surface area contributed by atoms with E-state index in [0.29, 0.717) is 0 Å². The van der Waals surface area contributed by atoms with Crippen molar-refractivity contribution in [1.29, 1.82) is 0 Å². The summed E-state index contributed by atoms with van der Waals surface area (Å²) >= 11 is 3.51. The van der Waals surface area contributed by atoms with Crippen molar-refractivity contribution in [2.24, 2.45) is 0 Å². The van der Waals surface area contributed by atoms with Crippen molar-refractivity contribution in [3.05, 3.63) is 48.5 Å². The van der Waals surface area contributed by atoms with E-state index < -0.39 is 0 Å². The van der Waals surface area contributed by atoms with Gasteiger partial charge in [-0.05, 0) is 0 Å². The van der Waals surface area contributed by atoms with Gasteiger partial charge < -0.3 is 37.2 Å². The van der Waals surface area contributed by atoms with Crippen LogP contribution in [0.25, 0.3) is 20.4 Å². The van der Waals surface area contributed by atoms with E-state index in [0.717, 1.165) is 11.0 Å². The van der Waals surface area contributed by atoms with Gasteiger partial charge in [0.25, 0.3) is 0 Å². The maximum atomic E-state index is 4.71. The monoisotopic (exact) mass is 440 g/mol. The molecule has 0 amide bonds. The number of fused-ring (bicyclic) bond motifs is 2. The number of halogens is 3. The molecule has 0 radical (unpaired) electrons. The van der Waals surface area contributed by atoms with Crippen molar-refractivity contribution >= 4 is 50.5 Å². The topological polar surface area (TPSA) is 25.8 Å². The summed E-state index contributed by atoms with van der Waals surface area (Å²) < 4.78 is 5.01. The van der Waals surface area contributed by atoms with E-state index in [-0.39, 0.29) is 60.9 Å². The van der Waals surface area contributed by atoms with Gasteiger partial charge in [-0.2, -0.15) is 0 Å². The van der Waals surface area contributed by atoms with Crippen LogP contribution in [0.15, 0.2) is 48.5 Å². The zero-order valence-electron chi connectivity index (χ0n) is 10.9. The van der Waals surface area contributed by atoms with Gasteiger partial charge in [-0.1, -0.05) is 7.43 Å². The molecule has 0 saturated heterocycles. The van der Waals surface area contributed by atoms with Crippen molar-refractivity contribution in [2.75, 3.05) is 0 Å². The van der Waals surface area contributed by atoms with Crippen LogP contribution in [0.2, 0.25) is 0 Å². The van der Waals surface area contributed by atoms with Crippen LogP contribution >= 0.6 is 22.7 Å². The predicted molar refractivity (Wildman–Crippen MR) is 85.2 cm³/mol. The number of nitrogens with zero attached hydrogens (tertiary/aromatic N) is 2. The van der Waals surface area contributed by atoms with Crippen LogP contribution in [-0.2, 0) is 16.3 Å². The van der Waals surface area contributed by atoms with Crippen LogP contribution < -0.4 is 44.7 Å². The fourth-order valence-electron chi connectivity index (χ4n) is 1.90. The molecule has 0 N–H and O–H groups in total. The van der Waals surface area contributed by atoms with Gasteiger partial charge >= 0.3 is 125 Å². The van der Waals surface area contributed by atoms with E-state index in [9.17, 15) is 0 Å². The van der Waals surface area contributed by atoms with E-state index in [1.54, 1.807) is 22.7 Å². The molecule has 0 unspecified atom stereocenters. The summed E-state index contributed by atoms with van der Waals surface area (Å²) in [5, 5.41) is 0. The number of hydrogen-bond donors (Lipinski definition) is 0. The molecule has 8 heteroatoms. The van der Waals surface area contributed by atoms with Gasteiger partial charge in [0, 0.05) is 0 Å². The van der Waals surface area contributed by atoms with Gasteiger partial charge in [-0.15, -0.1) is 0 Å². The molecule has 0 spiro atoms. The van der Waals surface area contributed by atoms with Gasteiger partial charge in [0.2, 0.25) is 0 Å². The number of para-hydroxylation sites is 2. The Labute approximate surface area is 169 Å². The fourth-order valence-corrected chi connectivity index (χ4v) is 6.45. The van der Waals surface area contributed by atoms with E-state index in [1.165, 1.54) is 16.8 Å². The molecule has 4 rings (SSSR count). The second kappa shape index (κ2) is 9.85. The molecule has 23 heavy (non-hydrogen) atoms. The standard InChI is InChI=1S/2C7H4NS.CH4.3ClH.V/c2*1-2-4-7-6(3-1)8-5-9-7;;;;;/h2*1-4H;1H4;3*1H;/q;;;;;;+3/p-3. The first-order valence-electron chi connectivity index (χ1n) is 5.81. The predicted octanol–water partition coefficient (Wildman–Crippen LogP) is -5.41. The quantitative estimate of drug-likeness (QED) is 0.310. The Bertz CT molecular complexity index is 741. The molecule has 0 saturated carbocycles. The first kappa shape index (κ1) is 22.7. The number of benzene rings is 2. The second-order valence-corrected chi connectivity index (χ2v) is 8.74. The van der Waals surface area contributed by atoms with Crippen molar-refractivity contribution in [3.8, 4) is 0 Å². The molecule has 0 aliphatic heterocycles. The van der Waals surface area contributed by atoms with Crippen LogP contribution in [0.4, 0.5) is 0 Å². The molecular weight excluding hydrogens is 430 g/mol. The summed E-state index contributed by atoms with van der Waals surface area (Å²) in [4.78, 5) is 9.41. The summed E-state index contributed by atoms with van der Waals surface area (Å²) in [7, 11) is 0. The van der Waals surface area contributed by atoms with Crippen LogP contribution in [0.5, 0.6) is 0 Å². The molecule has 2 aromatic carbocycles. The molecule has 120 valence electrons. The van der Waals surface area contributed by atoms with Crippen LogP contribution in [0.1, 0.15) is 7.43 Å². The molecule has 0 bridgehead atoms. The van der Waals surface area contributed by atoms with E-state index in [2.05, 4.69) is 36.4 Å². The van der Waals surface area contributed by atoms with Crippen LogP contribution in [0, 0.1) is 0 Å². The molecular formula is C15H12Cl3N2S2V. The molecule has 2 aromatic heterocycles. The molecule has 0 aliphatic carbocycles. The fraction of sp³-hybridized carbons (Fsp3) is 0.0667. The van der Waals surface area contributed by atoms with Gasteiger partial charge in [0.15, 0.2) is 0 Å². The van der Waals surface area contributed by atoms with Gasteiger partial charge in [-0.3, -0.25) is 0 Å². The van der Waals surface area contributed by atoms with Crippen LogP contribution in [0.3, 0.4) is 0 Å². The molecule has 2 nitrogen and oxygen atoms in total. The molecule has 0 atom stereocenters. The summed E-state index contributed by atoms with van der Waals surface area (Å²) in [6.07, 6.45) is 0. The number of rotatable bonds is 2. The average Bonchev–Trinajstić information content (AvgIpc) is 3.00. The minimum atomic E-state index is -0.0925. The SMILES string of the molecule is C.[Cl-].[Cl-].[Cl-].c1ccc2s[c]([V+3][c]3nc4ccccc4s3)nc2c1. The van der Waals surface area contributed by atoms with Crippen molar-refractivity contribution in [1.82, 2.24) is 9.97 Å².